The van der Waals surface area contributed by atoms with Crippen LogP contribution in [0.25, 0.3) is 0 Å². The molecule has 90 valence electrons. The Kier molecular flexibility index (Phi) is 3.03. The lowest BCUT2D eigenvalue weighted by Crippen LogP contribution is -2.61. The highest BCUT2D eigenvalue weighted by atomic mass is 16.2. The van der Waals surface area contributed by atoms with Crippen LogP contribution in [0.1, 0.15) is 19.5 Å². The van der Waals surface area contributed by atoms with E-state index in [1.165, 1.54) is 11.2 Å². The Bertz CT molecular complexity index is 434. The fraction of sp³-hybridized carbons (Fsp3) is 0.455. The minimum Gasteiger partial charge on any atom is -0.343 e. The van der Waals surface area contributed by atoms with E-state index in [2.05, 4.69) is 15.3 Å². The van der Waals surface area contributed by atoms with Gasteiger partial charge in [-0.2, -0.15) is 0 Å². The highest BCUT2D eigenvalue weighted by Gasteiger charge is 2.35. The molecule has 0 saturated carbocycles. The van der Waals surface area contributed by atoms with Crippen molar-refractivity contribution in [3.8, 4) is 0 Å². The molecule has 1 aromatic heterocycles. The van der Waals surface area contributed by atoms with Crippen LogP contribution < -0.4 is 5.32 Å². The second kappa shape index (κ2) is 4.48. The molecular weight excluding hydrogens is 220 g/mol. The molecule has 6 nitrogen and oxygen atoms in total. The van der Waals surface area contributed by atoms with Gasteiger partial charge in [0, 0.05) is 6.20 Å². The molecule has 1 aliphatic rings. The van der Waals surface area contributed by atoms with Gasteiger partial charge in [-0.05, 0) is 19.9 Å². The van der Waals surface area contributed by atoms with Crippen LogP contribution in [0.4, 0.5) is 0 Å². The van der Waals surface area contributed by atoms with Crippen molar-refractivity contribution in [1.29, 1.82) is 0 Å². The molecule has 1 aromatic rings. The van der Waals surface area contributed by atoms with Crippen molar-refractivity contribution in [3.63, 3.8) is 0 Å². The Morgan fingerprint density at radius 1 is 1.41 bits per heavy atom. The summed E-state index contributed by atoms with van der Waals surface area (Å²) in [6.45, 7) is 3.72. The van der Waals surface area contributed by atoms with Crippen molar-refractivity contribution in [2.45, 2.75) is 32.5 Å². The number of carbonyl (C=O) groups is 2. The summed E-state index contributed by atoms with van der Waals surface area (Å²) in [5.41, 5.74) is 0.724. The van der Waals surface area contributed by atoms with E-state index in [1.807, 2.05) is 0 Å². The first kappa shape index (κ1) is 11.5. The molecule has 1 aliphatic heterocycles. The molecule has 2 unspecified atom stereocenters. The standard InChI is InChI=1S/C11H14N4O2/c1-7-11(17)15(8(2)10(16)14-7)5-9-3-4-12-6-13-9/h3-4,6-8H,5H2,1-2H3,(H,14,16). The first-order chi connectivity index (χ1) is 8.09. The fourth-order valence-electron chi connectivity index (χ4n) is 1.78. The lowest BCUT2D eigenvalue weighted by Gasteiger charge is -2.35. The molecule has 1 saturated heterocycles. The van der Waals surface area contributed by atoms with Gasteiger partial charge < -0.3 is 10.2 Å². The van der Waals surface area contributed by atoms with E-state index in [9.17, 15) is 9.59 Å². The topological polar surface area (TPSA) is 75.2 Å². The maximum atomic E-state index is 12.0. The lowest BCUT2D eigenvalue weighted by molar-refractivity contribution is -0.148. The normalized spacial score (nSPS) is 24.7. The predicted octanol–water partition coefficient (Wildman–Crippen LogP) is -0.288. The van der Waals surface area contributed by atoms with E-state index in [1.54, 1.807) is 26.1 Å². The van der Waals surface area contributed by atoms with Gasteiger partial charge in [-0.15, -0.1) is 0 Å². The zero-order chi connectivity index (χ0) is 12.4. The van der Waals surface area contributed by atoms with Crippen LogP contribution in [0.3, 0.4) is 0 Å². The fourth-order valence-corrected chi connectivity index (χ4v) is 1.78. The number of nitrogens with zero attached hydrogens (tertiary/aromatic N) is 3. The maximum absolute atomic E-state index is 12.0. The Hall–Kier alpha value is -1.98. The van der Waals surface area contributed by atoms with Crippen molar-refractivity contribution >= 4 is 11.8 Å². The van der Waals surface area contributed by atoms with Crippen molar-refractivity contribution < 1.29 is 9.59 Å². The molecular formula is C11H14N4O2. The summed E-state index contributed by atoms with van der Waals surface area (Å²) in [5, 5.41) is 2.63. The van der Waals surface area contributed by atoms with Gasteiger partial charge in [0.1, 0.15) is 18.4 Å². The van der Waals surface area contributed by atoms with Gasteiger partial charge in [-0.3, -0.25) is 9.59 Å². The third kappa shape index (κ3) is 2.25. The number of piperazine rings is 1. The Balaban J connectivity index is 2.18. The van der Waals surface area contributed by atoms with Crippen molar-refractivity contribution in [3.05, 3.63) is 24.3 Å². The highest BCUT2D eigenvalue weighted by Crippen LogP contribution is 2.12. The van der Waals surface area contributed by atoms with Gasteiger partial charge in [0.2, 0.25) is 11.8 Å². The van der Waals surface area contributed by atoms with Crippen LogP contribution in [-0.2, 0) is 16.1 Å². The van der Waals surface area contributed by atoms with Gasteiger partial charge in [0.15, 0.2) is 0 Å². The van der Waals surface area contributed by atoms with Crippen LogP contribution in [0.2, 0.25) is 0 Å². The summed E-state index contributed by atoms with van der Waals surface area (Å²) >= 11 is 0. The van der Waals surface area contributed by atoms with Crippen molar-refractivity contribution in [1.82, 2.24) is 20.2 Å². The molecule has 1 N–H and O–H groups in total. The van der Waals surface area contributed by atoms with Gasteiger partial charge >= 0.3 is 0 Å². The molecule has 0 spiro atoms. The molecule has 0 aromatic carbocycles. The number of rotatable bonds is 2. The summed E-state index contributed by atoms with van der Waals surface area (Å²) in [6.07, 6.45) is 3.04. The third-order valence-electron chi connectivity index (χ3n) is 2.83. The number of hydrogen-bond donors (Lipinski definition) is 1. The van der Waals surface area contributed by atoms with E-state index in [0.29, 0.717) is 6.54 Å². The summed E-state index contributed by atoms with van der Waals surface area (Å²) < 4.78 is 0. The Morgan fingerprint density at radius 3 is 2.82 bits per heavy atom. The number of amides is 2. The predicted molar refractivity (Wildman–Crippen MR) is 59.6 cm³/mol. The van der Waals surface area contributed by atoms with E-state index >= 15 is 0 Å². The smallest absolute Gasteiger partial charge is 0.245 e. The summed E-state index contributed by atoms with van der Waals surface area (Å²) in [5.74, 6) is -0.220. The zero-order valence-electron chi connectivity index (χ0n) is 9.75. The molecule has 2 rings (SSSR count). The molecule has 1 fully saturated rings. The molecule has 0 bridgehead atoms. The van der Waals surface area contributed by atoms with Crippen LogP contribution >= 0.6 is 0 Å². The maximum Gasteiger partial charge on any atom is 0.245 e. The van der Waals surface area contributed by atoms with Crippen LogP contribution in [0.5, 0.6) is 0 Å². The Morgan fingerprint density at radius 2 is 2.18 bits per heavy atom. The summed E-state index contributed by atoms with van der Waals surface area (Å²) in [6, 6.07) is 0.797. The first-order valence-electron chi connectivity index (χ1n) is 5.45. The van der Waals surface area contributed by atoms with Gasteiger partial charge in [0.05, 0.1) is 12.2 Å². The number of hydrogen-bond acceptors (Lipinski definition) is 4. The second-order valence-electron chi connectivity index (χ2n) is 4.07. The largest absolute Gasteiger partial charge is 0.343 e. The van der Waals surface area contributed by atoms with Gasteiger partial charge in [0.25, 0.3) is 0 Å². The lowest BCUT2D eigenvalue weighted by atomic mass is 10.1. The van der Waals surface area contributed by atoms with Crippen LogP contribution in [-0.4, -0.2) is 38.8 Å². The van der Waals surface area contributed by atoms with E-state index in [0.717, 1.165) is 5.69 Å². The van der Waals surface area contributed by atoms with Crippen molar-refractivity contribution in [2.75, 3.05) is 0 Å². The van der Waals surface area contributed by atoms with Gasteiger partial charge in [-0.1, -0.05) is 0 Å². The van der Waals surface area contributed by atoms with Crippen molar-refractivity contribution in [2.24, 2.45) is 0 Å². The van der Waals surface area contributed by atoms with E-state index in [-0.39, 0.29) is 11.8 Å². The minimum absolute atomic E-state index is 0.0873. The molecule has 2 atom stereocenters. The van der Waals surface area contributed by atoms with Gasteiger partial charge in [-0.25, -0.2) is 9.97 Å². The highest BCUT2D eigenvalue weighted by molar-refractivity contribution is 5.96. The first-order valence-corrected chi connectivity index (χ1v) is 5.45. The number of carbonyl (C=O) groups excluding carboxylic acids is 2. The zero-order valence-corrected chi connectivity index (χ0v) is 9.75. The SMILES string of the molecule is CC1NC(=O)C(C)N(Cc2ccncn2)C1=O. The molecule has 0 aliphatic carbocycles. The quantitative estimate of drug-likeness (QED) is 0.763. The van der Waals surface area contributed by atoms with E-state index < -0.39 is 12.1 Å². The summed E-state index contributed by atoms with van der Waals surface area (Å²) in [4.78, 5) is 33.0. The van der Waals surface area contributed by atoms with E-state index in [4.69, 9.17) is 0 Å². The average Bonchev–Trinajstić information content (AvgIpc) is 2.33. The minimum atomic E-state index is -0.472. The van der Waals surface area contributed by atoms with Crippen LogP contribution in [0, 0.1) is 0 Å². The molecule has 17 heavy (non-hydrogen) atoms. The monoisotopic (exact) mass is 234 g/mol. The number of aromatic nitrogens is 2. The molecule has 2 amide bonds. The average molecular weight is 234 g/mol. The Labute approximate surface area is 99.1 Å². The van der Waals surface area contributed by atoms with Crippen LogP contribution in [0.15, 0.2) is 18.6 Å². The molecule has 0 radical (unpaired) electrons. The second-order valence-corrected chi connectivity index (χ2v) is 4.07. The number of nitrogens with one attached hydrogen (secondary N) is 1. The summed E-state index contributed by atoms with van der Waals surface area (Å²) in [7, 11) is 0. The molecule has 2 heterocycles. The third-order valence-corrected chi connectivity index (χ3v) is 2.83. The molecule has 6 heteroatoms.